The van der Waals surface area contributed by atoms with Gasteiger partial charge in [-0.2, -0.15) is 0 Å². The molecule has 0 bridgehead atoms. The van der Waals surface area contributed by atoms with Crippen molar-refractivity contribution in [3.05, 3.63) is 146 Å². The van der Waals surface area contributed by atoms with Crippen LogP contribution in [0.25, 0.3) is 0 Å². The molecule has 0 saturated carbocycles. The quantitative estimate of drug-likeness (QED) is 0.0195. The van der Waals surface area contributed by atoms with Crippen LogP contribution < -0.4 is 5.11 Å². The molecule has 0 N–H and O–H groups in total. The van der Waals surface area contributed by atoms with Crippen molar-refractivity contribution >= 4 is 17.9 Å². The molecule has 0 radical (unpaired) electrons. The summed E-state index contributed by atoms with van der Waals surface area (Å²) in [6.07, 6.45) is 86.2. The maximum atomic E-state index is 12.9. The highest BCUT2D eigenvalue weighted by Crippen LogP contribution is 2.15. The zero-order valence-electron chi connectivity index (χ0n) is 52.1. The smallest absolute Gasteiger partial charge is 0.306 e. The number of likely N-dealkylation sites (N-methyl/N-ethyl adjacent to an activating group) is 1. The molecule has 2 unspecified atom stereocenters. The molecule has 0 aromatic rings. The number of carbonyl (C=O) groups excluding carboxylic acids is 3. The first-order valence-corrected chi connectivity index (χ1v) is 32.0. The van der Waals surface area contributed by atoms with Gasteiger partial charge >= 0.3 is 11.9 Å². The molecule has 0 aliphatic rings. The molecule has 0 aromatic heterocycles. The molecule has 0 spiro atoms. The molecule has 9 heteroatoms. The third-order valence-electron chi connectivity index (χ3n) is 13.1. The van der Waals surface area contributed by atoms with Gasteiger partial charge in [-0.3, -0.25) is 9.59 Å². The maximum Gasteiger partial charge on any atom is 0.306 e. The van der Waals surface area contributed by atoms with Crippen LogP contribution in [0.5, 0.6) is 0 Å². The van der Waals surface area contributed by atoms with Crippen molar-refractivity contribution in [1.82, 2.24) is 0 Å². The van der Waals surface area contributed by atoms with E-state index < -0.39 is 24.3 Å². The third kappa shape index (κ3) is 62.6. The highest BCUT2D eigenvalue weighted by molar-refractivity contribution is 5.70. The molecule has 458 valence electrons. The number of carboxylic acids is 1. The molecule has 9 nitrogen and oxygen atoms in total. The van der Waals surface area contributed by atoms with E-state index in [1.54, 1.807) is 0 Å². The van der Waals surface area contributed by atoms with E-state index in [4.69, 9.17) is 18.9 Å². The van der Waals surface area contributed by atoms with Crippen LogP contribution in [0.2, 0.25) is 0 Å². The van der Waals surface area contributed by atoms with Crippen LogP contribution in [0.4, 0.5) is 0 Å². The minimum absolute atomic E-state index is 0.138. The number of unbranched alkanes of at least 4 members (excludes halogenated alkanes) is 18. The van der Waals surface area contributed by atoms with Crippen LogP contribution >= 0.6 is 0 Å². The number of ether oxygens (including phenoxy) is 4. The van der Waals surface area contributed by atoms with E-state index in [2.05, 4.69) is 160 Å². The van der Waals surface area contributed by atoms with Gasteiger partial charge in [0, 0.05) is 12.8 Å². The second-order valence-corrected chi connectivity index (χ2v) is 21.9. The minimum atomic E-state index is -1.63. The summed E-state index contributed by atoms with van der Waals surface area (Å²) >= 11 is 0. The van der Waals surface area contributed by atoms with Crippen molar-refractivity contribution in [3.8, 4) is 0 Å². The Morgan fingerprint density at radius 2 is 0.667 bits per heavy atom. The monoisotopic (exact) mass is 1120 g/mol. The van der Waals surface area contributed by atoms with Crippen molar-refractivity contribution in [2.45, 2.75) is 245 Å². The van der Waals surface area contributed by atoms with Gasteiger partial charge in [0.25, 0.3) is 0 Å². The van der Waals surface area contributed by atoms with Crippen LogP contribution in [0.15, 0.2) is 146 Å². The highest BCUT2D eigenvalue weighted by atomic mass is 16.7. The zero-order chi connectivity index (χ0) is 59.1. The molecule has 0 aliphatic carbocycles. The number of carbonyl (C=O) groups is 3. The molecule has 0 heterocycles. The SMILES string of the molecule is CC/C=C\C/C=C\C/C=C\C/C=C\C/C=C\C/C=C\C/C=C\C/C=C\C/C=C\CCCCCCCCCCCCCC(=O)OC(COC(=O)CCCCCCCCC/C=C\C/C=C\C/C=C\CC)COC(OCC[N+](C)(C)C)C(=O)[O-]. The summed E-state index contributed by atoms with van der Waals surface area (Å²) in [5.41, 5.74) is 0. The molecule has 0 aromatic carbocycles. The molecule has 0 fully saturated rings. The molecule has 0 saturated heterocycles. The van der Waals surface area contributed by atoms with Gasteiger partial charge in [0.15, 0.2) is 12.4 Å². The van der Waals surface area contributed by atoms with E-state index in [9.17, 15) is 19.5 Å². The summed E-state index contributed by atoms with van der Waals surface area (Å²) in [6, 6.07) is 0. The van der Waals surface area contributed by atoms with Gasteiger partial charge < -0.3 is 33.3 Å². The van der Waals surface area contributed by atoms with Crippen LogP contribution in [0.3, 0.4) is 0 Å². The number of rotatable bonds is 57. The Kier molecular flexibility index (Phi) is 57.6. The van der Waals surface area contributed by atoms with Gasteiger partial charge in [-0.1, -0.05) is 250 Å². The topological polar surface area (TPSA) is 111 Å². The number of hydrogen-bond donors (Lipinski definition) is 0. The van der Waals surface area contributed by atoms with E-state index in [1.807, 2.05) is 21.1 Å². The molecule has 0 aliphatic heterocycles. The summed E-state index contributed by atoms with van der Waals surface area (Å²) in [4.78, 5) is 37.3. The number of esters is 2. The lowest BCUT2D eigenvalue weighted by atomic mass is 10.0. The lowest BCUT2D eigenvalue weighted by Crippen LogP contribution is -2.44. The maximum absolute atomic E-state index is 12.9. The number of nitrogens with zero attached hydrogens (tertiary/aromatic N) is 1. The Balaban J connectivity index is 4.16. The summed E-state index contributed by atoms with van der Waals surface area (Å²) in [7, 11) is 5.91. The van der Waals surface area contributed by atoms with Gasteiger partial charge in [-0.15, -0.1) is 0 Å². The first kappa shape index (κ1) is 76.2. The predicted molar refractivity (Wildman–Crippen MR) is 342 cm³/mol. The van der Waals surface area contributed by atoms with Crippen molar-refractivity contribution in [1.29, 1.82) is 0 Å². The van der Waals surface area contributed by atoms with Gasteiger partial charge in [0.1, 0.15) is 13.2 Å². The van der Waals surface area contributed by atoms with Gasteiger partial charge in [0.05, 0.1) is 40.3 Å². The lowest BCUT2D eigenvalue weighted by Gasteiger charge is -2.26. The molecule has 2 atom stereocenters. The fourth-order valence-corrected chi connectivity index (χ4v) is 8.25. The standard InChI is InChI=1S/C72H117NO8/c1-6-8-10-12-14-16-18-20-22-24-25-26-27-28-29-30-31-32-33-34-35-36-37-38-39-40-41-42-43-44-45-47-49-51-53-55-57-59-61-63-70(75)81-68(67-80-72(71(76)77)78-65-64-73(3,4)5)66-79-69(74)62-60-58-56-54-52-50-48-46-23-21-19-17-15-13-11-9-7-2/h8-11,14-17,20-23,25-26,28-29,31-32,34-35,37-38,40-41,68,72H,6-7,12-13,18-19,24,27,30,33,36,39,42-67H2,1-5H3/b10-8-,11-9-,16-14-,17-15-,22-20-,23-21-,26-25-,29-28-,32-31-,35-34-,38-37-,41-40-. The van der Waals surface area contributed by atoms with E-state index in [0.717, 1.165) is 135 Å². The summed E-state index contributed by atoms with van der Waals surface area (Å²) in [5, 5.41) is 11.8. The molecule has 0 rings (SSSR count). The Morgan fingerprint density at radius 3 is 0.988 bits per heavy atom. The normalized spacial score (nSPS) is 13.7. The average molecular weight is 1120 g/mol. The van der Waals surface area contributed by atoms with Crippen molar-refractivity contribution in [3.63, 3.8) is 0 Å². The highest BCUT2D eigenvalue weighted by Gasteiger charge is 2.22. The van der Waals surface area contributed by atoms with E-state index in [-0.39, 0.29) is 38.6 Å². The minimum Gasteiger partial charge on any atom is -0.545 e. The fourth-order valence-electron chi connectivity index (χ4n) is 8.25. The number of aliphatic carboxylic acids is 1. The summed E-state index contributed by atoms with van der Waals surface area (Å²) < 4.78 is 22.7. The number of allylic oxidation sites excluding steroid dienone is 24. The van der Waals surface area contributed by atoms with Gasteiger partial charge in [-0.25, -0.2) is 0 Å². The largest absolute Gasteiger partial charge is 0.545 e. The van der Waals surface area contributed by atoms with Crippen LogP contribution in [0, 0.1) is 0 Å². The predicted octanol–water partition coefficient (Wildman–Crippen LogP) is 18.2. The molecular weight excluding hydrogens is 1010 g/mol. The second-order valence-electron chi connectivity index (χ2n) is 21.9. The Labute approximate surface area is 496 Å². The van der Waals surface area contributed by atoms with Crippen LogP contribution in [0.1, 0.15) is 232 Å². The number of quaternary nitrogens is 1. The Morgan fingerprint density at radius 1 is 0.370 bits per heavy atom. The third-order valence-corrected chi connectivity index (χ3v) is 13.1. The van der Waals surface area contributed by atoms with E-state index >= 15 is 0 Å². The molecular formula is C72H117NO8. The number of hydrogen-bond acceptors (Lipinski definition) is 8. The van der Waals surface area contributed by atoms with Crippen LogP contribution in [-0.2, 0) is 33.3 Å². The Hall–Kier alpha value is -4.83. The average Bonchev–Trinajstić information content (AvgIpc) is 3.44. The van der Waals surface area contributed by atoms with Crippen molar-refractivity contribution in [2.75, 3.05) is 47.5 Å². The zero-order valence-corrected chi connectivity index (χ0v) is 52.1. The fraction of sp³-hybridized carbons (Fsp3) is 0.625. The Bertz CT molecular complexity index is 1840. The molecule has 81 heavy (non-hydrogen) atoms. The van der Waals surface area contributed by atoms with Crippen molar-refractivity contribution < 1.29 is 42.9 Å². The summed E-state index contributed by atoms with van der Waals surface area (Å²) in [5.74, 6) is -2.31. The van der Waals surface area contributed by atoms with Gasteiger partial charge in [0.2, 0.25) is 0 Å². The van der Waals surface area contributed by atoms with Crippen LogP contribution in [-0.4, -0.2) is 82.3 Å². The second kappa shape index (κ2) is 61.2. The van der Waals surface area contributed by atoms with Crippen molar-refractivity contribution in [2.24, 2.45) is 0 Å². The molecule has 0 amide bonds. The van der Waals surface area contributed by atoms with Gasteiger partial charge in [-0.05, 0) is 116 Å². The van der Waals surface area contributed by atoms with E-state index in [1.165, 1.54) is 64.2 Å². The lowest BCUT2D eigenvalue weighted by molar-refractivity contribution is -0.870. The number of carboxylic acid groups (broad SMARTS) is 1. The first-order chi connectivity index (χ1) is 39.6. The summed E-state index contributed by atoms with van der Waals surface area (Å²) in [6.45, 7) is 4.49. The van der Waals surface area contributed by atoms with E-state index in [0.29, 0.717) is 17.4 Å². The first-order valence-electron chi connectivity index (χ1n) is 32.0.